The summed E-state index contributed by atoms with van der Waals surface area (Å²) >= 11 is 1.25. The number of nitrogens with one attached hydrogen (secondary N) is 2. The van der Waals surface area contributed by atoms with E-state index >= 15 is 0 Å². The number of thioether (sulfide) groups is 1. The molecule has 1 amide bonds. The van der Waals surface area contributed by atoms with E-state index in [9.17, 15) is 14.9 Å². The summed E-state index contributed by atoms with van der Waals surface area (Å²) in [5, 5.41) is 15.3. The highest BCUT2D eigenvalue weighted by Crippen LogP contribution is 2.19. The molecule has 0 bridgehead atoms. The van der Waals surface area contributed by atoms with Crippen LogP contribution in [0, 0.1) is 10.1 Å². The highest BCUT2D eigenvalue weighted by Gasteiger charge is 2.10. The summed E-state index contributed by atoms with van der Waals surface area (Å²) in [6.07, 6.45) is 1.25. The van der Waals surface area contributed by atoms with Crippen molar-refractivity contribution in [2.75, 3.05) is 5.75 Å². The number of carbonyl (C=O) groups excluding carboxylic acids is 1. The second kappa shape index (κ2) is 7.58. The number of amides is 1. The van der Waals surface area contributed by atoms with E-state index in [1.807, 2.05) is 24.3 Å². The molecule has 0 aliphatic heterocycles. The van der Waals surface area contributed by atoms with Crippen LogP contribution in [0.15, 0.2) is 58.8 Å². The Balaban J connectivity index is 1.55. The molecule has 0 saturated heterocycles. The van der Waals surface area contributed by atoms with Crippen LogP contribution in [0.5, 0.6) is 0 Å². The van der Waals surface area contributed by atoms with Gasteiger partial charge in [0.2, 0.25) is 0 Å². The lowest BCUT2D eigenvalue weighted by Crippen LogP contribution is -2.19. The van der Waals surface area contributed by atoms with Crippen LogP contribution >= 0.6 is 11.8 Å². The van der Waals surface area contributed by atoms with E-state index in [1.165, 1.54) is 24.0 Å². The highest BCUT2D eigenvalue weighted by atomic mass is 32.2. The maximum atomic E-state index is 11.8. The first-order valence-corrected chi connectivity index (χ1v) is 8.25. The minimum Gasteiger partial charge on any atom is -0.333 e. The number of nitrogens with zero attached hydrogens (tertiary/aromatic N) is 3. The zero-order valence-corrected chi connectivity index (χ0v) is 13.7. The molecule has 0 fully saturated rings. The summed E-state index contributed by atoms with van der Waals surface area (Å²) in [5.41, 5.74) is 4.33. The average molecular weight is 355 g/mol. The number of nitro benzene ring substituents is 1. The van der Waals surface area contributed by atoms with Gasteiger partial charge in [0, 0.05) is 6.07 Å². The molecule has 9 heteroatoms. The smallest absolute Gasteiger partial charge is 0.278 e. The SMILES string of the molecule is O=C(CSc1nc2ccccc2[nH]1)N/N=C\c1ccccc1[N+](=O)[O-]. The Kier molecular flexibility index (Phi) is 5.05. The van der Waals surface area contributed by atoms with Crippen LogP contribution in [0.1, 0.15) is 5.56 Å². The second-order valence-corrected chi connectivity index (χ2v) is 5.92. The Morgan fingerprint density at radius 3 is 2.84 bits per heavy atom. The molecule has 0 aliphatic rings. The molecular formula is C16H13N5O3S. The number of benzene rings is 2. The lowest BCUT2D eigenvalue weighted by atomic mass is 10.2. The van der Waals surface area contributed by atoms with Crippen LogP contribution in [0.4, 0.5) is 5.69 Å². The largest absolute Gasteiger partial charge is 0.333 e. The van der Waals surface area contributed by atoms with Gasteiger partial charge in [0.25, 0.3) is 11.6 Å². The molecule has 126 valence electrons. The van der Waals surface area contributed by atoms with Crippen LogP contribution in [-0.2, 0) is 4.79 Å². The first kappa shape index (κ1) is 16.7. The number of carbonyl (C=O) groups is 1. The van der Waals surface area contributed by atoms with Crippen molar-refractivity contribution in [1.82, 2.24) is 15.4 Å². The summed E-state index contributed by atoms with van der Waals surface area (Å²) in [4.78, 5) is 29.7. The predicted molar refractivity (Wildman–Crippen MR) is 95.7 cm³/mol. The molecule has 3 aromatic rings. The molecule has 25 heavy (non-hydrogen) atoms. The Morgan fingerprint density at radius 1 is 1.28 bits per heavy atom. The van der Waals surface area contributed by atoms with Crippen molar-refractivity contribution < 1.29 is 9.72 Å². The second-order valence-electron chi connectivity index (χ2n) is 4.96. The third-order valence-corrected chi connectivity index (χ3v) is 4.11. The maximum absolute atomic E-state index is 11.8. The van der Waals surface area contributed by atoms with Gasteiger partial charge in [-0.1, -0.05) is 36.0 Å². The number of rotatable bonds is 6. The Bertz CT molecular complexity index is 921. The van der Waals surface area contributed by atoms with Gasteiger partial charge in [0.1, 0.15) is 0 Å². The van der Waals surface area contributed by atoms with Gasteiger partial charge in [-0.15, -0.1) is 0 Å². The molecule has 8 nitrogen and oxygen atoms in total. The molecule has 2 N–H and O–H groups in total. The van der Waals surface area contributed by atoms with E-state index < -0.39 is 4.92 Å². The van der Waals surface area contributed by atoms with Crippen LogP contribution < -0.4 is 5.43 Å². The zero-order chi connectivity index (χ0) is 17.6. The van der Waals surface area contributed by atoms with Gasteiger partial charge >= 0.3 is 0 Å². The van der Waals surface area contributed by atoms with E-state index in [-0.39, 0.29) is 17.3 Å². The number of aromatic amines is 1. The van der Waals surface area contributed by atoms with Crippen molar-refractivity contribution in [3.05, 3.63) is 64.2 Å². The van der Waals surface area contributed by atoms with Crippen molar-refractivity contribution in [3.63, 3.8) is 0 Å². The normalized spacial score (nSPS) is 11.0. The van der Waals surface area contributed by atoms with Crippen molar-refractivity contribution in [2.24, 2.45) is 5.10 Å². The fraction of sp³-hybridized carbons (Fsp3) is 0.0625. The Morgan fingerprint density at radius 2 is 2.04 bits per heavy atom. The fourth-order valence-electron chi connectivity index (χ4n) is 2.10. The highest BCUT2D eigenvalue weighted by molar-refractivity contribution is 7.99. The monoisotopic (exact) mass is 355 g/mol. The molecule has 0 saturated carbocycles. The molecule has 0 unspecified atom stereocenters. The molecule has 2 aromatic carbocycles. The molecule has 0 aliphatic carbocycles. The predicted octanol–water partition coefficient (Wildman–Crippen LogP) is 2.71. The van der Waals surface area contributed by atoms with Crippen LogP contribution in [0.2, 0.25) is 0 Å². The van der Waals surface area contributed by atoms with Crippen molar-refractivity contribution in [2.45, 2.75) is 5.16 Å². The molecule has 1 aromatic heterocycles. The van der Waals surface area contributed by atoms with Gasteiger partial charge in [-0.05, 0) is 18.2 Å². The van der Waals surface area contributed by atoms with E-state index in [0.717, 1.165) is 11.0 Å². The molecule has 3 rings (SSSR count). The summed E-state index contributed by atoms with van der Waals surface area (Å²) in [5.74, 6) is -0.214. The topological polar surface area (TPSA) is 113 Å². The summed E-state index contributed by atoms with van der Waals surface area (Å²) < 4.78 is 0. The third kappa shape index (κ3) is 4.21. The van der Waals surface area contributed by atoms with Crippen LogP contribution in [-0.4, -0.2) is 32.8 Å². The maximum Gasteiger partial charge on any atom is 0.278 e. The first-order valence-electron chi connectivity index (χ1n) is 7.26. The van der Waals surface area contributed by atoms with Crippen LogP contribution in [0.3, 0.4) is 0 Å². The number of hydrogen-bond donors (Lipinski definition) is 2. The summed E-state index contributed by atoms with van der Waals surface area (Å²) in [6.45, 7) is 0. The minimum atomic E-state index is -0.499. The number of imidazole rings is 1. The quantitative estimate of drug-likeness (QED) is 0.305. The average Bonchev–Trinajstić information content (AvgIpc) is 3.03. The fourth-order valence-corrected chi connectivity index (χ4v) is 2.78. The van der Waals surface area contributed by atoms with E-state index in [2.05, 4.69) is 20.5 Å². The molecule has 0 spiro atoms. The number of para-hydroxylation sites is 3. The number of aromatic nitrogens is 2. The number of H-pyrrole nitrogens is 1. The zero-order valence-electron chi connectivity index (χ0n) is 12.9. The summed E-state index contributed by atoms with van der Waals surface area (Å²) in [6, 6.07) is 13.7. The van der Waals surface area contributed by atoms with E-state index in [4.69, 9.17) is 0 Å². The number of hydrogen-bond acceptors (Lipinski definition) is 6. The van der Waals surface area contributed by atoms with Gasteiger partial charge in [0.05, 0.1) is 33.5 Å². The standard InChI is InChI=1S/C16H13N5O3S/c22-15(10-25-16-18-12-6-2-3-7-13(12)19-16)20-17-9-11-5-1-4-8-14(11)21(23)24/h1-9H,10H2,(H,18,19)(H,20,22)/b17-9-. The van der Waals surface area contributed by atoms with E-state index in [1.54, 1.807) is 18.2 Å². The van der Waals surface area contributed by atoms with E-state index in [0.29, 0.717) is 10.7 Å². The molecule has 0 radical (unpaired) electrons. The van der Waals surface area contributed by atoms with Gasteiger partial charge in [-0.25, -0.2) is 10.4 Å². The Hall–Kier alpha value is -3.20. The first-order chi connectivity index (χ1) is 12.1. The number of hydrazone groups is 1. The van der Waals surface area contributed by atoms with Crippen molar-refractivity contribution in [3.8, 4) is 0 Å². The lowest BCUT2D eigenvalue weighted by molar-refractivity contribution is -0.385. The van der Waals surface area contributed by atoms with Gasteiger partial charge in [-0.3, -0.25) is 14.9 Å². The van der Waals surface area contributed by atoms with Gasteiger partial charge in [0.15, 0.2) is 5.16 Å². The van der Waals surface area contributed by atoms with Crippen molar-refractivity contribution >= 4 is 40.6 Å². The Labute approximate surface area is 146 Å². The molecule has 0 atom stereocenters. The molecular weight excluding hydrogens is 342 g/mol. The van der Waals surface area contributed by atoms with Gasteiger partial charge < -0.3 is 4.98 Å². The number of nitro groups is 1. The minimum absolute atomic E-state index is 0.0721. The molecule has 1 heterocycles. The van der Waals surface area contributed by atoms with Crippen LogP contribution in [0.25, 0.3) is 11.0 Å². The third-order valence-electron chi connectivity index (χ3n) is 3.23. The van der Waals surface area contributed by atoms with Crippen molar-refractivity contribution in [1.29, 1.82) is 0 Å². The number of fused-ring (bicyclic) bond motifs is 1. The lowest BCUT2D eigenvalue weighted by Gasteiger charge is -1.98. The summed E-state index contributed by atoms with van der Waals surface area (Å²) in [7, 11) is 0. The van der Waals surface area contributed by atoms with Gasteiger partial charge in [-0.2, -0.15) is 5.10 Å².